The van der Waals surface area contributed by atoms with Crippen LogP contribution in [0, 0.1) is 5.41 Å². The van der Waals surface area contributed by atoms with Crippen molar-refractivity contribution in [2.75, 3.05) is 32.8 Å². The standard InChI is InChI=1S/C12H20N2O3/c1-12(3-2-4-13-8-12)9-14-11(15)10-7-16-5-6-17-10/h7,13H,2-6,8-9H2,1H3,(H,14,15). The van der Waals surface area contributed by atoms with E-state index in [0.29, 0.717) is 19.8 Å². The van der Waals surface area contributed by atoms with Crippen molar-refractivity contribution in [1.82, 2.24) is 10.6 Å². The van der Waals surface area contributed by atoms with Gasteiger partial charge in [-0.15, -0.1) is 0 Å². The Morgan fingerprint density at radius 2 is 2.47 bits per heavy atom. The summed E-state index contributed by atoms with van der Waals surface area (Å²) in [6.07, 6.45) is 3.69. The molecule has 2 aliphatic rings. The van der Waals surface area contributed by atoms with Gasteiger partial charge >= 0.3 is 0 Å². The third-order valence-electron chi connectivity index (χ3n) is 3.23. The van der Waals surface area contributed by atoms with Gasteiger partial charge < -0.3 is 20.1 Å². The third-order valence-corrected chi connectivity index (χ3v) is 3.23. The van der Waals surface area contributed by atoms with Crippen LogP contribution in [0.15, 0.2) is 12.0 Å². The number of piperidine rings is 1. The van der Waals surface area contributed by atoms with Gasteiger partial charge in [-0.2, -0.15) is 0 Å². The average molecular weight is 240 g/mol. The fraction of sp³-hybridized carbons (Fsp3) is 0.750. The zero-order chi connectivity index (χ0) is 12.1. The molecular weight excluding hydrogens is 220 g/mol. The molecule has 1 fully saturated rings. The molecular formula is C12H20N2O3. The van der Waals surface area contributed by atoms with Gasteiger partial charge in [-0.3, -0.25) is 4.79 Å². The molecule has 17 heavy (non-hydrogen) atoms. The summed E-state index contributed by atoms with van der Waals surface area (Å²) < 4.78 is 10.3. The summed E-state index contributed by atoms with van der Waals surface area (Å²) in [5.41, 5.74) is 0.143. The Hall–Kier alpha value is -1.23. The molecule has 2 heterocycles. The van der Waals surface area contributed by atoms with Crippen LogP contribution >= 0.6 is 0 Å². The monoisotopic (exact) mass is 240 g/mol. The lowest BCUT2D eigenvalue weighted by molar-refractivity contribution is -0.122. The predicted molar refractivity (Wildman–Crippen MR) is 63.2 cm³/mol. The van der Waals surface area contributed by atoms with Crippen LogP contribution in [-0.2, 0) is 14.3 Å². The fourth-order valence-corrected chi connectivity index (χ4v) is 2.14. The molecule has 0 aromatic heterocycles. The molecule has 0 bridgehead atoms. The summed E-state index contributed by atoms with van der Waals surface area (Å²) in [4.78, 5) is 11.8. The van der Waals surface area contributed by atoms with E-state index in [1.807, 2.05) is 0 Å². The highest BCUT2D eigenvalue weighted by atomic mass is 16.6. The van der Waals surface area contributed by atoms with E-state index in [-0.39, 0.29) is 17.1 Å². The van der Waals surface area contributed by atoms with Gasteiger partial charge in [0.2, 0.25) is 5.76 Å². The number of amides is 1. The highest BCUT2D eigenvalue weighted by molar-refractivity contribution is 5.91. The number of hydrogen-bond donors (Lipinski definition) is 2. The van der Waals surface area contributed by atoms with E-state index in [4.69, 9.17) is 9.47 Å². The minimum absolute atomic E-state index is 0.143. The maximum Gasteiger partial charge on any atom is 0.289 e. The molecule has 1 atom stereocenters. The first-order valence-corrected chi connectivity index (χ1v) is 6.13. The van der Waals surface area contributed by atoms with E-state index < -0.39 is 0 Å². The lowest BCUT2D eigenvalue weighted by Gasteiger charge is -2.34. The van der Waals surface area contributed by atoms with Gasteiger partial charge in [-0.1, -0.05) is 6.92 Å². The van der Waals surface area contributed by atoms with Crippen LogP contribution < -0.4 is 10.6 Å². The number of carbonyl (C=O) groups is 1. The quantitative estimate of drug-likeness (QED) is 0.749. The van der Waals surface area contributed by atoms with Gasteiger partial charge in [0.15, 0.2) is 0 Å². The Labute approximate surface area is 102 Å². The lowest BCUT2D eigenvalue weighted by Crippen LogP contribution is -2.46. The van der Waals surface area contributed by atoms with E-state index in [2.05, 4.69) is 17.6 Å². The predicted octanol–water partition coefficient (Wildman–Crippen LogP) is 0.380. The second-order valence-electron chi connectivity index (χ2n) is 4.98. The van der Waals surface area contributed by atoms with Crippen molar-refractivity contribution in [2.24, 2.45) is 5.41 Å². The van der Waals surface area contributed by atoms with Crippen molar-refractivity contribution in [3.63, 3.8) is 0 Å². The normalized spacial score (nSPS) is 28.6. The summed E-state index contributed by atoms with van der Waals surface area (Å²) in [5.74, 6) is 0.0973. The van der Waals surface area contributed by atoms with Crippen molar-refractivity contribution in [1.29, 1.82) is 0 Å². The summed E-state index contributed by atoms with van der Waals surface area (Å²) in [7, 11) is 0. The molecule has 2 rings (SSSR count). The molecule has 0 aromatic carbocycles. The van der Waals surface area contributed by atoms with Gasteiger partial charge in [-0.05, 0) is 24.8 Å². The van der Waals surface area contributed by atoms with Crippen LogP contribution in [0.2, 0.25) is 0 Å². The molecule has 0 radical (unpaired) electrons. The highest BCUT2D eigenvalue weighted by Gasteiger charge is 2.28. The Balaban J connectivity index is 1.80. The number of rotatable bonds is 3. The molecule has 2 aliphatic heterocycles. The first-order chi connectivity index (χ1) is 8.20. The number of carbonyl (C=O) groups excluding carboxylic acids is 1. The molecule has 1 saturated heterocycles. The van der Waals surface area contributed by atoms with Gasteiger partial charge in [0.05, 0.1) is 0 Å². The first kappa shape index (κ1) is 12.2. The van der Waals surface area contributed by atoms with E-state index in [1.54, 1.807) is 0 Å². The maximum atomic E-state index is 11.8. The zero-order valence-corrected chi connectivity index (χ0v) is 10.3. The average Bonchev–Trinajstić information content (AvgIpc) is 2.38. The van der Waals surface area contributed by atoms with Crippen LogP contribution in [0.5, 0.6) is 0 Å². The number of ether oxygens (including phenoxy) is 2. The lowest BCUT2D eigenvalue weighted by atomic mass is 9.83. The largest absolute Gasteiger partial charge is 0.494 e. The molecule has 96 valence electrons. The van der Waals surface area contributed by atoms with E-state index in [1.165, 1.54) is 6.26 Å². The zero-order valence-electron chi connectivity index (χ0n) is 10.3. The van der Waals surface area contributed by atoms with Gasteiger partial charge in [0.25, 0.3) is 5.91 Å². The maximum absolute atomic E-state index is 11.8. The minimum Gasteiger partial charge on any atom is -0.494 e. The van der Waals surface area contributed by atoms with Gasteiger partial charge in [0.1, 0.15) is 19.5 Å². The minimum atomic E-state index is -0.184. The Kier molecular flexibility index (Phi) is 3.89. The fourth-order valence-electron chi connectivity index (χ4n) is 2.14. The summed E-state index contributed by atoms with van der Waals surface area (Å²) in [6, 6.07) is 0. The molecule has 1 amide bonds. The summed E-state index contributed by atoms with van der Waals surface area (Å²) >= 11 is 0. The number of nitrogens with one attached hydrogen (secondary N) is 2. The molecule has 5 heteroatoms. The first-order valence-electron chi connectivity index (χ1n) is 6.13. The third kappa shape index (κ3) is 3.36. The molecule has 2 N–H and O–H groups in total. The second-order valence-corrected chi connectivity index (χ2v) is 4.98. The van der Waals surface area contributed by atoms with Gasteiger partial charge in [0, 0.05) is 13.1 Å². The van der Waals surface area contributed by atoms with Crippen LogP contribution in [0.25, 0.3) is 0 Å². The Morgan fingerprint density at radius 3 is 3.12 bits per heavy atom. The molecule has 0 aliphatic carbocycles. The van der Waals surface area contributed by atoms with Crippen LogP contribution in [-0.4, -0.2) is 38.8 Å². The van der Waals surface area contributed by atoms with Crippen molar-refractivity contribution in [3.8, 4) is 0 Å². The molecule has 0 saturated carbocycles. The highest BCUT2D eigenvalue weighted by Crippen LogP contribution is 2.24. The Bertz CT molecular complexity index is 309. The van der Waals surface area contributed by atoms with Crippen LogP contribution in [0.1, 0.15) is 19.8 Å². The van der Waals surface area contributed by atoms with Crippen LogP contribution in [0.4, 0.5) is 0 Å². The van der Waals surface area contributed by atoms with Crippen molar-refractivity contribution in [3.05, 3.63) is 12.0 Å². The topological polar surface area (TPSA) is 59.6 Å². The van der Waals surface area contributed by atoms with E-state index >= 15 is 0 Å². The number of hydrogen-bond acceptors (Lipinski definition) is 4. The van der Waals surface area contributed by atoms with Crippen molar-refractivity contribution >= 4 is 5.91 Å². The molecule has 0 aromatic rings. The SMILES string of the molecule is CC1(CNC(=O)C2=COCCO2)CCCNC1. The van der Waals surface area contributed by atoms with E-state index in [9.17, 15) is 4.79 Å². The summed E-state index contributed by atoms with van der Waals surface area (Å²) in [6.45, 7) is 5.83. The van der Waals surface area contributed by atoms with Gasteiger partial charge in [-0.25, -0.2) is 0 Å². The molecule has 1 unspecified atom stereocenters. The van der Waals surface area contributed by atoms with E-state index in [0.717, 1.165) is 25.9 Å². The smallest absolute Gasteiger partial charge is 0.289 e. The molecule has 5 nitrogen and oxygen atoms in total. The van der Waals surface area contributed by atoms with Crippen molar-refractivity contribution in [2.45, 2.75) is 19.8 Å². The second kappa shape index (κ2) is 5.40. The summed E-state index contributed by atoms with van der Waals surface area (Å²) in [5, 5.41) is 6.27. The van der Waals surface area contributed by atoms with Crippen LogP contribution in [0.3, 0.4) is 0 Å². The Morgan fingerprint density at radius 1 is 1.59 bits per heavy atom. The van der Waals surface area contributed by atoms with Crippen molar-refractivity contribution < 1.29 is 14.3 Å². The molecule has 0 spiro atoms.